The van der Waals surface area contributed by atoms with Crippen LogP contribution >= 0.6 is 0 Å². The predicted molar refractivity (Wildman–Crippen MR) is 61.3 cm³/mol. The molecule has 4 N–H and O–H groups in total. The fraction of sp³-hybridized carbons (Fsp3) is 1.00. The number of nitrogens with one attached hydrogen (secondary N) is 2. The molecule has 0 saturated carbocycles. The van der Waals surface area contributed by atoms with E-state index in [1.807, 2.05) is 0 Å². The summed E-state index contributed by atoms with van der Waals surface area (Å²) in [4.78, 5) is 0. The summed E-state index contributed by atoms with van der Waals surface area (Å²) in [5, 5.41) is 3.24. The third-order valence-corrected chi connectivity index (χ3v) is 5.05. The van der Waals surface area contributed by atoms with Gasteiger partial charge in [0.05, 0.1) is 0 Å². The molecule has 0 aliphatic heterocycles. The molecule has 0 aliphatic carbocycles. The van der Waals surface area contributed by atoms with Crippen molar-refractivity contribution in [3.63, 3.8) is 0 Å². The zero-order chi connectivity index (χ0) is 11.6. The van der Waals surface area contributed by atoms with Crippen molar-refractivity contribution >= 4 is 8.80 Å². The molecule has 0 aromatic carbocycles. The Bertz CT molecular complexity index is 139. The van der Waals surface area contributed by atoms with E-state index < -0.39 is 8.80 Å². The van der Waals surface area contributed by atoms with Gasteiger partial charge in [0.15, 0.2) is 0 Å². The van der Waals surface area contributed by atoms with E-state index in [4.69, 9.17) is 19.1 Å². The van der Waals surface area contributed by atoms with Crippen molar-refractivity contribution in [1.82, 2.24) is 10.7 Å². The Balaban J connectivity index is 3.54. The Morgan fingerprint density at radius 1 is 1.00 bits per heavy atom. The minimum absolute atomic E-state index is 0.765. The molecule has 0 atom stereocenters. The molecule has 0 rings (SSSR count). The molecule has 0 aromatic heterocycles. The van der Waals surface area contributed by atoms with Crippen LogP contribution in [0.2, 0.25) is 6.04 Å². The first-order chi connectivity index (χ1) is 7.24. The zero-order valence-corrected chi connectivity index (χ0v) is 10.8. The van der Waals surface area contributed by atoms with Crippen molar-refractivity contribution in [2.45, 2.75) is 12.5 Å². The number of rotatable bonds is 10. The Kier molecular flexibility index (Phi) is 9.21. The highest BCUT2D eigenvalue weighted by Gasteiger charge is 2.36. The lowest BCUT2D eigenvalue weighted by molar-refractivity contribution is 0.123. The average Bonchev–Trinajstić information content (AvgIpc) is 2.29. The van der Waals surface area contributed by atoms with Crippen LogP contribution in [0, 0.1) is 0 Å². The molecule has 0 bridgehead atoms. The van der Waals surface area contributed by atoms with Gasteiger partial charge in [-0.3, -0.25) is 11.3 Å². The lowest BCUT2D eigenvalue weighted by atomic mass is 10.5. The molecular weight excluding hydrogens is 214 g/mol. The second kappa shape index (κ2) is 9.22. The van der Waals surface area contributed by atoms with Crippen LogP contribution in [-0.4, -0.2) is 49.8 Å². The van der Waals surface area contributed by atoms with Gasteiger partial charge in [0.1, 0.15) is 0 Å². The SMILES string of the molecule is CO[Si](CCCNCCNN)(OC)OC. The Morgan fingerprint density at radius 3 is 2.07 bits per heavy atom. The highest BCUT2D eigenvalue weighted by Crippen LogP contribution is 2.13. The minimum Gasteiger partial charge on any atom is -0.377 e. The second-order valence-corrected chi connectivity index (χ2v) is 6.19. The first-order valence-electron chi connectivity index (χ1n) is 5.04. The van der Waals surface area contributed by atoms with Gasteiger partial charge < -0.3 is 18.6 Å². The van der Waals surface area contributed by atoms with E-state index in [1.165, 1.54) is 0 Å². The quantitative estimate of drug-likeness (QED) is 0.202. The summed E-state index contributed by atoms with van der Waals surface area (Å²) in [6.07, 6.45) is 0.965. The van der Waals surface area contributed by atoms with Crippen molar-refractivity contribution in [2.75, 3.05) is 41.0 Å². The van der Waals surface area contributed by atoms with Gasteiger partial charge in [-0.1, -0.05) is 0 Å². The maximum atomic E-state index is 5.30. The summed E-state index contributed by atoms with van der Waals surface area (Å²) < 4.78 is 15.9. The number of hydrazine groups is 1. The van der Waals surface area contributed by atoms with Crippen molar-refractivity contribution in [2.24, 2.45) is 5.84 Å². The zero-order valence-electron chi connectivity index (χ0n) is 9.84. The molecule has 92 valence electrons. The molecular formula is C8H23N3O3Si. The van der Waals surface area contributed by atoms with Crippen molar-refractivity contribution in [3.8, 4) is 0 Å². The maximum Gasteiger partial charge on any atom is 0.500 e. The molecule has 0 amide bonds. The standard InChI is InChI=1S/C8H23N3O3Si/c1-12-15(13-2,14-3)8-4-5-10-6-7-11-9/h10-11H,4-9H2,1-3H3. The van der Waals surface area contributed by atoms with Crippen molar-refractivity contribution in [1.29, 1.82) is 0 Å². The Labute approximate surface area is 92.8 Å². The van der Waals surface area contributed by atoms with Crippen LogP contribution in [0.4, 0.5) is 0 Å². The van der Waals surface area contributed by atoms with Crippen LogP contribution in [0.15, 0.2) is 0 Å². The highest BCUT2D eigenvalue weighted by molar-refractivity contribution is 6.60. The van der Waals surface area contributed by atoms with E-state index in [0.29, 0.717) is 0 Å². The molecule has 0 saturated heterocycles. The summed E-state index contributed by atoms with van der Waals surface area (Å²) in [6.45, 7) is 2.53. The van der Waals surface area contributed by atoms with Crippen LogP contribution in [0.5, 0.6) is 0 Å². The van der Waals surface area contributed by atoms with Gasteiger partial charge in [0.2, 0.25) is 0 Å². The van der Waals surface area contributed by atoms with Crippen molar-refractivity contribution < 1.29 is 13.3 Å². The van der Waals surface area contributed by atoms with Gasteiger partial charge in [0.25, 0.3) is 0 Å². The van der Waals surface area contributed by atoms with Gasteiger partial charge in [-0.15, -0.1) is 0 Å². The first-order valence-corrected chi connectivity index (χ1v) is 6.97. The third-order valence-electron chi connectivity index (χ3n) is 2.22. The molecule has 7 heteroatoms. The maximum absolute atomic E-state index is 5.30. The van der Waals surface area contributed by atoms with E-state index in [-0.39, 0.29) is 0 Å². The van der Waals surface area contributed by atoms with Crippen LogP contribution in [0.3, 0.4) is 0 Å². The van der Waals surface area contributed by atoms with Gasteiger partial charge in [0, 0.05) is 40.5 Å². The van der Waals surface area contributed by atoms with Crippen LogP contribution in [0.1, 0.15) is 6.42 Å². The van der Waals surface area contributed by atoms with Crippen LogP contribution in [-0.2, 0) is 13.3 Å². The fourth-order valence-electron chi connectivity index (χ4n) is 1.27. The fourth-order valence-corrected chi connectivity index (χ4v) is 2.99. The summed E-state index contributed by atoms with van der Waals surface area (Å²) in [6, 6.07) is 0.819. The molecule has 0 radical (unpaired) electrons. The summed E-state index contributed by atoms with van der Waals surface area (Å²) in [5.74, 6) is 5.13. The molecule has 0 spiro atoms. The summed E-state index contributed by atoms with van der Waals surface area (Å²) in [7, 11) is 2.52. The number of nitrogens with two attached hydrogens (primary N) is 1. The third kappa shape index (κ3) is 6.20. The normalized spacial score (nSPS) is 12.0. The van der Waals surface area contributed by atoms with Gasteiger partial charge in [-0.2, -0.15) is 0 Å². The smallest absolute Gasteiger partial charge is 0.377 e. The van der Waals surface area contributed by atoms with E-state index in [2.05, 4.69) is 10.7 Å². The lowest BCUT2D eigenvalue weighted by Crippen LogP contribution is -2.43. The Hall–Kier alpha value is -0.0231. The largest absolute Gasteiger partial charge is 0.500 e. The monoisotopic (exact) mass is 237 g/mol. The van der Waals surface area contributed by atoms with Crippen LogP contribution < -0.4 is 16.6 Å². The minimum atomic E-state index is -2.37. The number of hydrogen-bond donors (Lipinski definition) is 3. The molecule has 0 aliphatic rings. The van der Waals surface area contributed by atoms with Gasteiger partial charge in [-0.25, -0.2) is 0 Å². The van der Waals surface area contributed by atoms with E-state index in [9.17, 15) is 0 Å². The van der Waals surface area contributed by atoms with Gasteiger partial charge in [-0.05, 0) is 13.0 Å². The highest BCUT2D eigenvalue weighted by atomic mass is 28.4. The molecule has 0 fully saturated rings. The molecule has 15 heavy (non-hydrogen) atoms. The van der Waals surface area contributed by atoms with Crippen LogP contribution in [0.25, 0.3) is 0 Å². The van der Waals surface area contributed by atoms with Crippen molar-refractivity contribution in [3.05, 3.63) is 0 Å². The molecule has 0 heterocycles. The second-order valence-electron chi connectivity index (χ2n) is 3.10. The van der Waals surface area contributed by atoms with E-state index in [1.54, 1.807) is 21.3 Å². The summed E-state index contributed by atoms with van der Waals surface area (Å²) in [5.41, 5.74) is 2.58. The first kappa shape index (κ1) is 15.0. The van der Waals surface area contributed by atoms with E-state index in [0.717, 1.165) is 32.1 Å². The summed E-state index contributed by atoms with van der Waals surface area (Å²) >= 11 is 0. The average molecular weight is 237 g/mol. The molecule has 0 aromatic rings. The molecule has 0 unspecified atom stereocenters. The number of hydrogen-bond acceptors (Lipinski definition) is 6. The Morgan fingerprint density at radius 2 is 1.60 bits per heavy atom. The lowest BCUT2D eigenvalue weighted by Gasteiger charge is -2.24. The van der Waals surface area contributed by atoms with Gasteiger partial charge >= 0.3 is 8.80 Å². The van der Waals surface area contributed by atoms with E-state index >= 15 is 0 Å². The predicted octanol–water partition coefficient (Wildman–Crippen LogP) is -0.692. The molecule has 6 nitrogen and oxygen atoms in total. The topological polar surface area (TPSA) is 77.8 Å².